The van der Waals surface area contributed by atoms with Crippen LogP contribution >= 0.6 is 0 Å². The quantitative estimate of drug-likeness (QED) is 0.513. The summed E-state index contributed by atoms with van der Waals surface area (Å²) in [6, 6.07) is 14.4. The van der Waals surface area contributed by atoms with Crippen LogP contribution in [0, 0.1) is 5.82 Å². The van der Waals surface area contributed by atoms with Gasteiger partial charge in [0.25, 0.3) is 0 Å². The summed E-state index contributed by atoms with van der Waals surface area (Å²) in [5.74, 6) is 0.234. The fraction of sp³-hybridized carbons (Fsp3) is 0.321. The first-order valence-corrected chi connectivity index (χ1v) is 11.9. The molecule has 0 bridgehead atoms. The molecule has 0 saturated carbocycles. The molecule has 3 aromatic rings. The first-order valence-electron chi connectivity index (χ1n) is 11.9. The number of halogens is 1. The van der Waals surface area contributed by atoms with E-state index in [0.717, 1.165) is 33.5 Å². The highest BCUT2D eigenvalue weighted by atomic mass is 19.1. The first kappa shape index (κ1) is 23.2. The smallest absolute Gasteiger partial charge is 0.237 e. The Balaban J connectivity index is 1.22. The van der Waals surface area contributed by atoms with Crippen molar-refractivity contribution in [3.05, 3.63) is 88.4 Å². The molecule has 6 nitrogen and oxygen atoms in total. The van der Waals surface area contributed by atoms with Crippen LogP contribution in [0.2, 0.25) is 0 Å². The molecule has 2 unspecified atom stereocenters. The highest BCUT2D eigenvalue weighted by molar-refractivity contribution is 6.06. The van der Waals surface area contributed by atoms with Crippen molar-refractivity contribution >= 4 is 23.3 Å². The third kappa shape index (κ3) is 4.32. The first-order chi connectivity index (χ1) is 16.9. The number of amides is 2. The van der Waals surface area contributed by atoms with Crippen molar-refractivity contribution in [3.63, 3.8) is 0 Å². The van der Waals surface area contributed by atoms with E-state index < -0.39 is 5.41 Å². The summed E-state index contributed by atoms with van der Waals surface area (Å²) in [7, 11) is 1.62. The number of pyridine rings is 1. The normalized spacial score (nSPS) is 18.8. The molecule has 1 spiro atoms. The zero-order valence-corrected chi connectivity index (χ0v) is 19.9. The summed E-state index contributed by atoms with van der Waals surface area (Å²) in [6.45, 7) is 1.92. The van der Waals surface area contributed by atoms with Gasteiger partial charge in [0.1, 0.15) is 11.6 Å². The zero-order valence-electron chi connectivity index (χ0n) is 19.9. The molecule has 2 amide bonds. The number of aromatic nitrogens is 1. The van der Waals surface area contributed by atoms with E-state index in [0.29, 0.717) is 37.9 Å². The van der Waals surface area contributed by atoms with Crippen LogP contribution in [0.1, 0.15) is 53.7 Å². The topological polar surface area (TPSA) is 80.3 Å². The highest BCUT2D eigenvalue weighted by Crippen LogP contribution is 2.46. The molecule has 2 N–H and O–H groups in total. The number of hydrogen-bond donors (Lipinski definition) is 2. The van der Waals surface area contributed by atoms with Crippen LogP contribution in [-0.4, -0.2) is 23.9 Å². The van der Waals surface area contributed by atoms with Crippen molar-refractivity contribution < 1.29 is 18.7 Å². The highest BCUT2D eigenvalue weighted by Gasteiger charge is 2.51. The molecule has 2 aliphatic rings. The molecule has 1 aliphatic heterocycles. The Morgan fingerprint density at radius 3 is 2.86 bits per heavy atom. The van der Waals surface area contributed by atoms with E-state index in [1.54, 1.807) is 19.4 Å². The monoisotopic (exact) mass is 473 g/mol. The van der Waals surface area contributed by atoms with Crippen molar-refractivity contribution in [2.45, 2.75) is 50.5 Å². The van der Waals surface area contributed by atoms with Gasteiger partial charge in [-0.3, -0.25) is 9.59 Å². The molecule has 1 aromatic heterocycles. The second kappa shape index (κ2) is 9.23. The van der Waals surface area contributed by atoms with E-state index in [9.17, 15) is 14.0 Å². The third-order valence-corrected chi connectivity index (χ3v) is 7.21. The molecule has 0 saturated heterocycles. The number of carbonyl (C=O) groups excluding carboxylic acids is 2. The van der Waals surface area contributed by atoms with E-state index in [2.05, 4.69) is 15.6 Å². The SMILES string of the molecule is COC(C)c1ccc(F)cc1CCCC(=O)Nc1ccc2c(c1)CC1(C2)C(=O)Nc2ncccc21. The van der Waals surface area contributed by atoms with Gasteiger partial charge >= 0.3 is 0 Å². The molecule has 2 heterocycles. The number of anilines is 2. The maximum atomic E-state index is 13.8. The number of aryl methyl sites for hydroxylation is 1. The van der Waals surface area contributed by atoms with Gasteiger partial charge < -0.3 is 15.4 Å². The van der Waals surface area contributed by atoms with Crippen molar-refractivity contribution in [3.8, 4) is 0 Å². The van der Waals surface area contributed by atoms with Crippen molar-refractivity contribution in [1.82, 2.24) is 4.98 Å². The molecule has 5 rings (SSSR count). The van der Waals surface area contributed by atoms with Gasteiger partial charge in [-0.1, -0.05) is 18.2 Å². The second-order valence-corrected chi connectivity index (χ2v) is 9.40. The van der Waals surface area contributed by atoms with Gasteiger partial charge in [-0.15, -0.1) is 0 Å². The number of hydrogen-bond acceptors (Lipinski definition) is 4. The van der Waals surface area contributed by atoms with Crippen LogP contribution in [0.4, 0.5) is 15.9 Å². The van der Waals surface area contributed by atoms with E-state index in [-0.39, 0.29) is 23.7 Å². The van der Waals surface area contributed by atoms with Gasteiger partial charge in [0.15, 0.2) is 0 Å². The molecule has 180 valence electrons. The minimum atomic E-state index is -0.628. The van der Waals surface area contributed by atoms with Gasteiger partial charge in [0, 0.05) is 31.0 Å². The lowest BCUT2D eigenvalue weighted by molar-refractivity contribution is -0.120. The lowest BCUT2D eigenvalue weighted by Gasteiger charge is -2.20. The van der Waals surface area contributed by atoms with Crippen LogP contribution in [0.25, 0.3) is 0 Å². The lowest BCUT2D eigenvalue weighted by Crippen LogP contribution is -2.35. The van der Waals surface area contributed by atoms with Crippen LogP contribution < -0.4 is 10.6 Å². The summed E-state index contributed by atoms with van der Waals surface area (Å²) in [6.07, 6.45) is 4.24. The number of benzene rings is 2. The van der Waals surface area contributed by atoms with Gasteiger partial charge in [0.2, 0.25) is 11.8 Å². The van der Waals surface area contributed by atoms with Gasteiger partial charge in [-0.2, -0.15) is 0 Å². The molecular formula is C28H28FN3O3. The summed E-state index contributed by atoms with van der Waals surface area (Å²) in [5, 5.41) is 5.89. The second-order valence-electron chi connectivity index (χ2n) is 9.40. The number of nitrogens with zero attached hydrogens (tertiary/aromatic N) is 1. The fourth-order valence-corrected chi connectivity index (χ4v) is 5.32. The zero-order chi connectivity index (χ0) is 24.6. The number of methoxy groups -OCH3 is 1. The largest absolute Gasteiger partial charge is 0.377 e. The Morgan fingerprint density at radius 1 is 1.20 bits per heavy atom. The summed E-state index contributed by atoms with van der Waals surface area (Å²) >= 11 is 0. The Kier molecular flexibility index (Phi) is 6.11. The van der Waals surface area contributed by atoms with E-state index in [4.69, 9.17) is 4.74 Å². The molecule has 2 atom stereocenters. The minimum Gasteiger partial charge on any atom is -0.377 e. The van der Waals surface area contributed by atoms with Crippen LogP contribution in [0.3, 0.4) is 0 Å². The molecule has 7 heteroatoms. The average molecular weight is 474 g/mol. The van der Waals surface area contributed by atoms with Crippen molar-refractivity contribution in [1.29, 1.82) is 0 Å². The van der Waals surface area contributed by atoms with Crippen molar-refractivity contribution in [2.24, 2.45) is 0 Å². The number of ether oxygens (including phenoxy) is 1. The number of nitrogens with one attached hydrogen (secondary N) is 2. The van der Waals surface area contributed by atoms with Crippen LogP contribution in [0.15, 0.2) is 54.7 Å². The van der Waals surface area contributed by atoms with Crippen LogP contribution in [0.5, 0.6) is 0 Å². The maximum absolute atomic E-state index is 13.8. The number of fused-ring (bicyclic) bond motifs is 3. The van der Waals surface area contributed by atoms with Gasteiger partial charge in [0.05, 0.1) is 11.5 Å². The van der Waals surface area contributed by atoms with E-state index in [1.807, 2.05) is 37.3 Å². The van der Waals surface area contributed by atoms with Crippen LogP contribution in [-0.2, 0) is 39.0 Å². The van der Waals surface area contributed by atoms with Crippen molar-refractivity contribution in [2.75, 3.05) is 17.7 Å². The molecule has 35 heavy (non-hydrogen) atoms. The Hall–Kier alpha value is -3.58. The summed E-state index contributed by atoms with van der Waals surface area (Å²) in [4.78, 5) is 29.8. The summed E-state index contributed by atoms with van der Waals surface area (Å²) in [5.41, 5.74) is 5.00. The Bertz CT molecular complexity index is 1310. The van der Waals surface area contributed by atoms with E-state index in [1.165, 1.54) is 12.1 Å². The molecule has 1 aliphatic carbocycles. The summed E-state index contributed by atoms with van der Waals surface area (Å²) < 4.78 is 19.2. The standard InChI is InChI=1S/C28H28FN3O3/c1-17(35-2)23-11-9-21(29)13-18(23)5-3-7-25(33)31-22-10-8-19-15-28(16-20(19)14-22)24-6-4-12-30-26(24)32-27(28)34/h4,6,8-14,17H,3,5,7,15-16H2,1-2H3,(H,31,33)(H,30,32,34). The average Bonchev–Trinajstić information content (AvgIpc) is 3.36. The number of rotatable bonds is 7. The molecule has 0 fully saturated rings. The van der Waals surface area contributed by atoms with Gasteiger partial charge in [-0.25, -0.2) is 9.37 Å². The Morgan fingerprint density at radius 2 is 2.03 bits per heavy atom. The third-order valence-electron chi connectivity index (χ3n) is 7.21. The maximum Gasteiger partial charge on any atom is 0.237 e. The minimum absolute atomic E-state index is 0.0208. The predicted octanol–water partition coefficient (Wildman–Crippen LogP) is 4.88. The molecule has 2 aromatic carbocycles. The Labute approximate surface area is 203 Å². The predicted molar refractivity (Wildman–Crippen MR) is 132 cm³/mol. The number of carbonyl (C=O) groups is 2. The fourth-order valence-electron chi connectivity index (χ4n) is 5.32. The lowest BCUT2D eigenvalue weighted by atomic mass is 9.79. The van der Waals surface area contributed by atoms with Gasteiger partial charge in [-0.05, 0) is 85.2 Å². The molecular weight excluding hydrogens is 445 g/mol. The van der Waals surface area contributed by atoms with E-state index >= 15 is 0 Å². The molecule has 0 radical (unpaired) electrons.